The van der Waals surface area contributed by atoms with Crippen molar-refractivity contribution >= 4 is 16.9 Å². The third-order valence-corrected chi connectivity index (χ3v) is 2.84. The molecule has 0 bridgehead atoms. The van der Waals surface area contributed by atoms with Crippen molar-refractivity contribution < 1.29 is 9.90 Å². The Bertz CT molecular complexity index is 649. The monoisotopic (exact) mass is 263 g/mol. The number of hydrogen-bond acceptors (Lipinski definition) is 3. The first kappa shape index (κ1) is 13.4. The van der Waals surface area contributed by atoms with Crippen LogP contribution in [0.5, 0.6) is 0 Å². The van der Waals surface area contributed by atoms with E-state index in [2.05, 4.69) is 15.3 Å². The van der Waals surface area contributed by atoms with Crippen LogP contribution in [0.4, 0.5) is 0 Å². The van der Waals surface area contributed by atoms with E-state index < -0.39 is 11.5 Å². The number of fused-ring (bicyclic) bond motifs is 1. The molecule has 1 aromatic carbocycles. The second kappa shape index (κ2) is 4.89. The Hall–Kier alpha value is -2.08. The van der Waals surface area contributed by atoms with Crippen molar-refractivity contribution in [3.63, 3.8) is 0 Å². The van der Waals surface area contributed by atoms with Crippen molar-refractivity contribution in [2.24, 2.45) is 0 Å². The first-order valence-electron chi connectivity index (χ1n) is 6.08. The molecule has 0 saturated carbocycles. The third kappa shape index (κ3) is 3.23. The molecule has 0 radical (unpaired) electrons. The lowest BCUT2D eigenvalue weighted by atomic mass is 10.1. The summed E-state index contributed by atoms with van der Waals surface area (Å²) in [6.07, 6.45) is 0.630. The van der Waals surface area contributed by atoms with Gasteiger partial charge in [-0.3, -0.25) is 4.79 Å². The highest BCUT2D eigenvalue weighted by molar-refractivity contribution is 5.83. The van der Waals surface area contributed by atoms with Crippen LogP contribution in [0.2, 0.25) is 0 Å². The molecule has 1 heterocycles. The number of imidazole rings is 1. The van der Waals surface area contributed by atoms with E-state index in [4.69, 9.17) is 0 Å². The molecular formula is C13H17N3O3. The predicted octanol–water partition coefficient (Wildman–Crippen LogP) is 0.286. The molecule has 102 valence electrons. The highest BCUT2D eigenvalue weighted by atomic mass is 16.3. The fourth-order valence-corrected chi connectivity index (χ4v) is 1.77. The molecule has 0 fully saturated rings. The zero-order valence-electron chi connectivity index (χ0n) is 10.9. The number of aromatic nitrogens is 2. The molecule has 1 aromatic heterocycles. The number of benzene rings is 1. The Morgan fingerprint density at radius 2 is 2.00 bits per heavy atom. The van der Waals surface area contributed by atoms with Crippen LogP contribution in [-0.4, -0.2) is 33.1 Å². The molecule has 6 heteroatoms. The van der Waals surface area contributed by atoms with Gasteiger partial charge in [-0.1, -0.05) is 6.07 Å². The zero-order chi connectivity index (χ0) is 14.0. The molecular weight excluding hydrogens is 246 g/mol. The molecule has 0 aliphatic rings. The van der Waals surface area contributed by atoms with Gasteiger partial charge in [0, 0.05) is 6.54 Å². The molecule has 0 saturated heterocycles. The van der Waals surface area contributed by atoms with Crippen molar-refractivity contribution in [2.45, 2.75) is 25.9 Å². The maximum atomic E-state index is 11.5. The van der Waals surface area contributed by atoms with Gasteiger partial charge in [-0.15, -0.1) is 0 Å². The average Bonchev–Trinajstić information content (AvgIpc) is 2.67. The van der Waals surface area contributed by atoms with Crippen LogP contribution < -0.4 is 11.0 Å². The van der Waals surface area contributed by atoms with Crippen molar-refractivity contribution in [2.75, 3.05) is 6.54 Å². The Labute approximate surface area is 109 Å². The fraction of sp³-hybridized carbons (Fsp3) is 0.385. The molecule has 1 amide bonds. The van der Waals surface area contributed by atoms with Crippen LogP contribution >= 0.6 is 0 Å². The average molecular weight is 263 g/mol. The Morgan fingerprint density at radius 3 is 2.68 bits per heavy atom. The SMILES string of the molecule is CC(C)(O)C(=O)NCCc1ccc2[nH]c(=O)[nH]c2c1. The fourth-order valence-electron chi connectivity index (χ4n) is 1.77. The van der Waals surface area contributed by atoms with Crippen LogP contribution in [0.25, 0.3) is 11.0 Å². The van der Waals surface area contributed by atoms with Gasteiger partial charge in [-0.05, 0) is 38.0 Å². The molecule has 2 rings (SSSR count). The van der Waals surface area contributed by atoms with E-state index in [9.17, 15) is 14.7 Å². The van der Waals surface area contributed by atoms with E-state index in [-0.39, 0.29) is 5.69 Å². The number of rotatable bonds is 4. The lowest BCUT2D eigenvalue weighted by molar-refractivity contribution is -0.136. The highest BCUT2D eigenvalue weighted by Gasteiger charge is 2.22. The van der Waals surface area contributed by atoms with E-state index in [1.165, 1.54) is 13.8 Å². The van der Waals surface area contributed by atoms with E-state index in [0.717, 1.165) is 16.6 Å². The van der Waals surface area contributed by atoms with Crippen LogP contribution in [0.1, 0.15) is 19.4 Å². The number of nitrogens with one attached hydrogen (secondary N) is 3. The summed E-state index contributed by atoms with van der Waals surface area (Å²) in [4.78, 5) is 27.9. The lowest BCUT2D eigenvalue weighted by Crippen LogP contribution is -2.42. The lowest BCUT2D eigenvalue weighted by Gasteiger charge is -2.16. The second-order valence-electron chi connectivity index (χ2n) is 5.02. The number of H-pyrrole nitrogens is 2. The van der Waals surface area contributed by atoms with Crippen LogP contribution in [0.3, 0.4) is 0 Å². The molecule has 0 aliphatic heterocycles. The summed E-state index contributed by atoms with van der Waals surface area (Å²) in [7, 11) is 0. The normalized spacial score (nSPS) is 11.7. The Kier molecular flexibility index (Phi) is 3.44. The summed E-state index contributed by atoms with van der Waals surface area (Å²) in [5.74, 6) is -0.399. The summed E-state index contributed by atoms with van der Waals surface area (Å²) in [6, 6.07) is 5.58. The smallest absolute Gasteiger partial charge is 0.323 e. The number of amides is 1. The molecule has 0 spiro atoms. The molecule has 2 aromatic rings. The largest absolute Gasteiger partial charge is 0.381 e. The van der Waals surface area contributed by atoms with E-state index in [0.29, 0.717) is 13.0 Å². The quantitative estimate of drug-likeness (QED) is 0.638. The van der Waals surface area contributed by atoms with Gasteiger partial charge < -0.3 is 20.4 Å². The maximum absolute atomic E-state index is 11.5. The zero-order valence-corrected chi connectivity index (χ0v) is 10.9. The van der Waals surface area contributed by atoms with Gasteiger partial charge in [0.15, 0.2) is 0 Å². The van der Waals surface area contributed by atoms with Crippen LogP contribution in [0, 0.1) is 0 Å². The molecule has 0 aliphatic carbocycles. The van der Waals surface area contributed by atoms with Crippen molar-refractivity contribution in [3.05, 3.63) is 34.2 Å². The first-order chi connectivity index (χ1) is 8.86. The van der Waals surface area contributed by atoms with Gasteiger partial charge in [-0.25, -0.2) is 4.79 Å². The van der Waals surface area contributed by atoms with E-state index >= 15 is 0 Å². The summed E-state index contributed by atoms with van der Waals surface area (Å²) in [6.45, 7) is 3.32. The number of carbonyl (C=O) groups excluding carboxylic acids is 1. The van der Waals surface area contributed by atoms with Gasteiger partial charge in [-0.2, -0.15) is 0 Å². The van der Waals surface area contributed by atoms with E-state index in [1.54, 1.807) is 0 Å². The van der Waals surface area contributed by atoms with E-state index in [1.807, 2.05) is 18.2 Å². The van der Waals surface area contributed by atoms with Crippen LogP contribution in [-0.2, 0) is 11.2 Å². The minimum absolute atomic E-state index is 0.234. The topological polar surface area (TPSA) is 98.0 Å². The number of aromatic amines is 2. The van der Waals surface area contributed by atoms with Gasteiger partial charge in [0.2, 0.25) is 0 Å². The number of aliphatic hydroxyl groups is 1. The molecule has 6 nitrogen and oxygen atoms in total. The summed E-state index contributed by atoms with van der Waals surface area (Å²) >= 11 is 0. The molecule has 4 N–H and O–H groups in total. The van der Waals surface area contributed by atoms with Crippen molar-refractivity contribution in [3.8, 4) is 0 Å². The summed E-state index contributed by atoms with van der Waals surface area (Å²) in [5.41, 5.74) is 0.905. The first-order valence-corrected chi connectivity index (χ1v) is 6.08. The predicted molar refractivity (Wildman–Crippen MR) is 71.9 cm³/mol. The molecule has 0 unspecified atom stereocenters. The standard InChI is InChI=1S/C13H17N3O3/c1-13(2,19)11(17)14-6-5-8-3-4-9-10(7-8)16-12(18)15-9/h3-4,7,19H,5-6H2,1-2H3,(H,14,17)(H2,15,16,18). The van der Waals surface area contributed by atoms with Crippen molar-refractivity contribution in [1.82, 2.24) is 15.3 Å². The summed E-state index contributed by atoms with van der Waals surface area (Å²) < 4.78 is 0. The highest BCUT2D eigenvalue weighted by Crippen LogP contribution is 2.10. The molecule has 0 atom stereocenters. The Morgan fingerprint density at radius 1 is 1.32 bits per heavy atom. The number of hydrogen-bond donors (Lipinski definition) is 4. The molecule has 19 heavy (non-hydrogen) atoms. The summed E-state index contributed by atoms with van der Waals surface area (Å²) in [5, 5.41) is 12.1. The van der Waals surface area contributed by atoms with Gasteiger partial charge in [0.1, 0.15) is 5.60 Å². The van der Waals surface area contributed by atoms with Gasteiger partial charge in [0.05, 0.1) is 11.0 Å². The minimum Gasteiger partial charge on any atom is -0.381 e. The van der Waals surface area contributed by atoms with Gasteiger partial charge in [0.25, 0.3) is 5.91 Å². The minimum atomic E-state index is -1.37. The second-order valence-corrected chi connectivity index (χ2v) is 5.02. The maximum Gasteiger partial charge on any atom is 0.323 e. The van der Waals surface area contributed by atoms with Gasteiger partial charge >= 0.3 is 5.69 Å². The number of carbonyl (C=O) groups is 1. The van der Waals surface area contributed by atoms with Crippen LogP contribution in [0.15, 0.2) is 23.0 Å². The van der Waals surface area contributed by atoms with Crippen molar-refractivity contribution in [1.29, 1.82) is 0 Å². The third-order valence-electron chi connectivity index (χ3n) is 2.84. The Balaban J connectivity index is 1.98.